The Balaban J connectivity index is 1.22. The van der Waals surface area contributed by atoms with Crippen LogP contribution in [0.15, 0.2) is 18.2 Å². The highest BCUT2D eigenvalue weighted by Gasteiger charge is 2.52. The Morgan fingerprint density at radius 2 is 2.03 bits per heavy atom. The second-order valence-corrected chi connectivity index (χ2v) is 12.7. The molecule has 9 heteroatoms. The maximum absolute atomic E-state index is 15.3. The van der Waals surface area contributed by atoms with Crippen molar-refractivity contribution < 1.29 is 23.5 Å². The van der Waals surface area contributed by atoms with Gasteiger partial charge in [0.1, 0.15) is 11.4 Å². The van der Waals surface area contributed by atoms with Gasteiger partial charge >= 0.3 is 6.09 Å². The van der Waals surface area contributed by atoms with Crippen LogP contribution in [-0.4, -0.2) is 84.8 Å². The van der Waals surface area contributed by atoms with Gasteiger partial charge in [0.15, 0.2) is 5.78 Å². The van der Waals surface area contributed by atoms with Crippen molar-refractivity contribution in [1.82, 2.24) is 9.80 Å². The van der Waals surface area contributed by atoms with Crippen LogP contribution in [0.25, 0.3) is 0 Å². The standard InChI is InChI=1S/C30H41FN4O4/c1-30(2,3)39-29(37)35-23-8-6-21(15-23)28(35)26(36)14-19(17-32)13-20-5-7-22(16-24(20)31)34-10-9-25-27(18-34)38-12-11-33(25)4/h5,7,16,19,21,23,25,27-28H,6,8-15,18H2,1-4H3/t19-,21+,23-,25+,27+,28+/m1/s1. The minimum atomic E-state index is -0.667. The first kappa shape index (κ1) is 27.9. The van der Waals surface area contributed by atoms with Crippen molar-refractivity contribution in [2.75, 3.05) is 38.2 Å². The number of ketones is 1. The lowest BCUT2D eigenvalue weighted by Gasteiger charge is -2.46. The van der Waals surface area contributed by atoms with E-state index in [0.717, 1.165) is 51.0 Å². The van der Waals surface area contributed by atoms with Crippen LogP contribution in [0.5, 0.6) is 0 Å². The minimum Gasteiger partial charge on any atom is -0.444 e. The number of morpholine rings is 1. The monoisotopic (exact) mass is 540 g/mol. The first-order chi connectivity index (χ1) is 18.5. The second-order valence-electron chi connectivity index (χ2n) is 12.7. The van der Waals surface area contributed by atoms with Crippen molar-refractivity contribution in [2.45, 2.75) is 89.1 Å². The minimum absolute atomic E-state index is 0.00815. The Morgan fingerprint density at radius 3 is 2.74 bits per heavy atom. The molecule has 1 aliphatic carbocycles. The summed E-state index contributed by atoms with van der Waals surface area (Å²) in [5.41, 5.74) is 0.589. The van der Waals surface area contributed by atoms with Crippen LogP contribution in [0.3, 0.4) is 0 Å². The van der Waals surface area contributed by atoms with Crippen LogP contribution in [0.4, 0.5) is 14.9 Å². The maximum atomic E-state index is 15.3. The molecule has 8 nitrogen and oxygen atoms in total. The number of Topliss-reactive ketones (excluding diaryl/α,β-unsaturated/α-hetero) is 1. The van der Waals surface area contributed by atoms with Crippen LogP contribution >= 0.6 is 0 Å². The molecule has 212 valence electrons. The maximum Gasteiger partial charge on any atom is 0.411 e. The van der Waals surface area contributed by atoms with E-state index < -0.39 is 23.7 Å². The second kappa shape index (κ2) is 11.1. The van der Waals surface area contributed by atoms with Crippen molar-refractivity contribution in [3.63, 3.8) is 0 Å². The molecule has 1 saturated carbocycles. The van der Waals surface area contributed by atoms with Gasteiger partial charge in [0.2, 0.25) is 0 Å². The van der Waals surface area contributed by atoms with E-state index in [9.17, 15) is 14.9 Å². The molecule has 6 atom stereocenters. The number of anilines is 1. The predicted octanol–water partition coefficient (Wildman–Crippen LogP) is 4.16. The number of carbonyl (C=O) groups is 2. The van der Waals surface area contributed by atoms with Gasteiger partial charge in [0.05, 0.1) is 30.7 Å². The number of nitriles is 1. The van der Waals surface area contributed by atoms with E-state index in [4.69, 9.17) is 9.47 Å². The van der Waals surface area contributed by atoms with E-state index >= 15 is 4.39 Å². The number of halogens is 1. The van der Waals surface area contributed by atoms with Gasteiger partial charge in [-0.05, 0) is 83.5 Å². The van der Waals surface area contributed by atoms with Gasteiger partial charge in [-0.2, -0.15) is 5.26 Å². The van der Waals surface area contributed by atoms with Crippen LogP contribution in [0.1, 0.15) is 58.4 Å². The molecule has 4 aliphatic rings. The number of ether oxygens (including phenoxy) is 2. The van der Waals surface area contributed by atoms with Crippen molar-refractivity contribution in [3.05, 3.63) is 29.6 Å². The van der Waals surface area contributed by atoms with Crippen LogP contribution < -0.4 is 4.90 Å². The van der Waals surface area contributed by atoms with Crippen molar-refractivity contribution >= 4 is 17.6 Å². The quantitative estimate of drug-likeness (QED) is 0.536. The fraction of sp³-hybridized carbons (Fsp3) is 0.700. The lowest BCUT2D eigenvalue weighted by atomic mass is 9.88. The van der Waals surface area contributed by atoms with Crippen molar-refractivity contribution in [2.24, 2.45) is 11.8 Å². The number of likely N-dealkylation sites (tertiary alicyclic amines) is 1. The molecule has 0 radical (unpaired) electrons. The number of amides is 1. The summed E-state index contributed by atoms with van der Waals surface area (Å²) in [6.45, 7) is 8.64. The van der Waals surface area contributed by atoms with Crippen LogP contribution in [0, 0.1) is 29.0 Å². The van der Waals surface area contributed by atoms with Gasteiger partial charge < -0.3 is 14.4 Å². The molecule has 0 unspecified atom stereocenters. The first-order valence-electron chi connectivity index (χ1n) is 14.3. The number of benzene rings is 1. The zero-order valence-corrected chi connectivity index (χ0v) is 23.6. The SMILES string of the molecule is CN1CCO[C@H]2CN(c3ccc(C[C@@H](C#N)CC(=O)[C@@H]4[C@H]5CC[C@H](C5)N4C(=O)OC(C)(C)C)c(F)c3)CC[C@@H]21. The number of likely N-dealkylation sites (N-methyl/N-ethyl adjacent to an activating group) is 1. The molecular weight excluding hydrogens is 499 g/mol. The number of nitrogens with zero attached hydrogens (tertiary/aromatic N) is 4. The van der Waals surface area contributed by atoms with Crippen LogP contribution in [-0.2, 0) is 20.7 Å². The molecule has 1 aromatic rings. The molecule has 3 heterocycles. The molecule has 5 rings (SSSR count). The Bertz CT molecular complexity index is 1130. The molecule has 0 spiro atoms. The van der Waals surface area contributed by atoms with E-state index in [2.05, 4.69) is 22.9 Å². The van der Waals surface area contributed by atoms with Crippen molar-refractivity contribution in [1.29, 1.82) is 5.26 Å². The Morgan fingerprint density at radius 1 is 1.23 bits per heavy atom. The third-order valence-electron chi connectivity index (χ3n) is 8.88. The first-order valence-corrected chi connectivity index (χ1v) is 14.3. The fourth-order valence-corrected chi connectivity index (χ4v) is 6.99. The zero-order chi connectivity index (χ0) is 27.9. The number of piperidine rings is 2. The molecule has 0 aromatic heterocycles. The fourth-order valence-electron chi connectivity index (χ4n) is 6.99. The van der Waals surface area contributed by atoms with Gasteiger partial charge in [0.25, 0.3) is 0 Å². The average molecular weight is 541 g/mol. The summed E-state index contributed by atoms with van der Waals surface area (Å²) in [6, 6.07) is 7.24. The molecule has 1 aromatic carbocycles. The van der Waals surface area contributed by atoms with Crippen LogP contribution in [0.2, 0.25) is 0 Å². The highest BCUT2D eigenvalue weighted by Crippen LogP contribution is 2.44. The number of rotatable bonds is 6. The summed E-state index contributed by atoms with van der Waals surface area (Å²) in [7, 11) is 2.13. The molecule has 2 bridgehead atoms. The summed E-state index contributed by atoms with van der Waals surface area (Å²) < 4.78 is 26.8. The van der Waals surface area contributed by atoms with E-state index in [0.29, 0.717) is 18.2 Å². The third kappa shape index (κ3) is 5.92. The Hall–Kier alpha value is -2.70. The average Bonchev–Trinajstić information content (AvgIpc) is 3.50. The third-order valence-corrected chi connectivity index (χ3v) is 8.88. The lowest BCUT2D eigenvalue weighted by Crippen LogP contribution is -2.58. The number of carbonyl (C=O) groups excluding carboxylic acids is 2. The van der Waals surface area contributed by atoms with Gasteiger partial charge in [-0.1, -0.05) is 6.07 Å². The number of fused-ring (bicyclic) bond motifs is 3. The van der Waals surface area contributed by atoms with E-state index in [1.165, 1.54) is 0 Å². The number of hydrogen-bond acceptors (Lipinski definition) is 7. The predicted molar refractivity (Wildman–Crippen MR) is 145 cm³/mol. The Labute approximate surface area is 231 Å². The lowest BCUT2D eigenvalue weighted by molar-refractivity contribution is -0.126. The Kier molecular flexibility index (Phi) is 7.89. The van der Waals surface area contributed by atoms with Gasteiger partial charge in [-0.3, -0.25) is 14.6 Å². The smallest absolute Gasteiger partial charge is 0.411 e. The van der Waals surface area contributed by atoms with Gasteiger partial charge in [-0.25, -0.2) is 9.18 Å². The summed E-state index contributed by atoms with van der Waals surface area (Å²) in [4.78, 5) is 32.5. The summed E-state index contributed by atoms with van der Waals surface area (Å²) in [6.07, 6.45) is 3.32. The molecule has 4 fully saturated rings. The zero-order valence-electron chi connectivity index (χ0n) is 23.6. The van der Waals surface area contributed by atoms with Gasteiger partial charge in [0, 0.05) is 43.8 Å². The summed E-state index contributed by atoms with van der Waals surface area (Å²) >= 11 is 0. The van der Waals surface area contributed by atoms with E-state index in [1.807, 2.05) is 26.8 Å². The van der Waals surface area contributed by atoms with Gasteiger partial charge in [-0.15, -0.1) is 0 Å². The normalized spacial score (nSPS) is 29.6. The van der Waals surface area contributed by atoms with E-state index in [1.54, 1.807) is 17.0 Å². The van der Waals surface area contributed by atoms with E-state index in [-0.39, 0.29) is 42.5 Å². The number of hydrogen-bond donors (Lipinski definition) is 0. The molecule has 3 aliphatic heterocycles. The van der Waals surface area contributed by atoms with Crippen molar-refractivity contribution in [3.8, 4) is 6.07 Å². The molecule has 3 saturated heterocycles. The summed E-state index contributed by atoms with van der Waals surface area (Å²) in [5, 5.41) is 9.86. The molecule has 1 amide bonds. The molecule has 39 heavy (non-hydrogen) atoms. The highest BCUT2D eigenvalue weighted by molar-refractivity contribution is 5.89. The highest BCUT2D eigenvalue weighted by atomic mass is 19.1. The molecule has 0 N–H and O–H groups in total. The topological polar surface area (TPSA) is 86.1 Å². The summed E-state index contributed by atoms with van der Waals surface area (Å²) in [5.74, 6) is -1.06. The largest absolute Gasteiger partial charge is 0.444 e. The molecular formula is C30H41FN4O4.